The molecule has 1 aliphatic heterocycles. The molecule has 0 radical (unpaired) electrons. The molecule has 1 heterocycles. The minimum atomic E-state index is 0.347. The largest absolute Gasteiger partial charge is 0.343 e. The number of amides is 1. The van der Waals surface area contributed by atoms with Crippen LogP contribution < -0.4 is 5.32 Å². The summed E-state index contributed by atoms with van der Waals surface area (Å²) >= 11 is 0. The summed E-state index contributed by atoms with van der Waals surface area (Å²) in [5.74, 6) is 1.16. The Morgan fingerprint density at radius 1 is 1.50 bits per heavy atom. The Morgan fingerprint density at radius 3 is 3.06 bits per heavy atom. The molecule has 0 aromatic carbocycles. The molecule has 0 aromatic rings. The summed E-state index contributed by atoms with van der Waals surface area (Å²) in [5, 5.41) is 3.62. The maximum absolute atomic E-state index is 11.5. The normalized spacial score (nSPS) is 25.7. The van der Waals surface area contributed by atoms with Gasteiger partial charge in [0.1, 0.15) is 0 Å². The average Bonchev–Trinajstić information content (AvgIpc) is 2.81. The first kappa shape index (κ1) is 13.6. The lowest BCUT2D eigenvalue weighted by atomic mass is 9.94. The summed E-state index contributed by atoms with van der Waals surface area (Å²) < 4.78 is 0. The summed E-state index contributed by atoms with van der Waals surface area (Å²) in [5.41, 5.74) is 0. The predicted octanol–water partition coefficient (Wildman–Crippen LogP) is 2.33. The average molecular weight is 250 g/mol. The zero-order valence-electron chi connectivity index (χ0n) is 11.5. The maximum Gasteiger partial charge on any atom is 0.222 e. The first-order valence-electron chi connectivity index (χ1n) is 7.42. The van der Waals surface area contributed by atoms with Gasteiger partial charge in [-0.05, 0) is 51.5 Å². The first-order chi connectivity index (χ1) is 8.75. The van der Waals surface area contributed by atoms with Crippen molar-refractivity contribution in [2.45, 2.75) is 51.5 Å². The fourth-order valence-electron chi connectivity index (χ4n) is 2.80. The molecule has 1 amide bonds. The number of nitrogens with zero attached hydrogens (tertiary/aromatic N) is 1. The van der Waals surface area contributed by atoms with Crippen LogP contribution in [0.4, 0.5) is 0 Å². The Labute approximate surface area is 111 Å². The molecule has 2 aliphatic rings. The van der Waals surface area contributed by atoms with Crippen molar-refractivity contribution in [2.75, 3.05) is 19.6 Å². The zero-order valence-corrected chi connectivity index (χ0v) is 11.5. The van der Waals surface area contributed by atoms with E-state index in [1.807, 2.05) is 4.90 Å². The van der Waals surface area contributed by atoms with Crippen LogP contribution in [0, 0.1) is 5.92 Å². The van der Waals surface area contributed by atoms with Crippen LogP contribution in [-0.4, -0.2) is 36.5 Å². The van der Waals surface area contributed by atoms with Crippen LogP contribution in [0.25, 0.3) is 0 Å². The lowest BCUT2D eigenvalue weighted by molar-refractivity contribution is -0.127. The van der Waals surface area contributed by atoms with E-state index in [9.17, 15) is 4.79 Å². The summed E-state index contributed by atoms with van der Waals surface area (Å²) in [6.07, 6.45) is 11.3. The smallest absolute Gasteiger partial charge is 0.222 e. The topological polar surface area (TPSA) is 32.3 Å². The fourth-order valence-corrected chi connectivity index (χ4v) is 2.80. The van der Waals surface area contributed by atoms with Gasteiger partial charge in [0, 0.05) is 25.6 Å². The highest BCUT2D eigenvalue weighted by atomic mass is 16.2. The van der Waals surface area contributed by atoms with E-state index >= 15 is 0 Å². The van der Waals surface area contributed by atoms with Crippen LogP contribution in [-0.2, 0) is 4.79 Å². The zero-order chi connectivity index (χ0) is 12.8. The van der Waals surface area contributed by atoms with Crippen molar-refractivity contribution in [1.29, 1.82) is 0 Å². The second-order valence-electron chi connectivity index (χ2n) is 5.73. The van der Waals surface area contributed by atoms with Gasteiger partial charge in [-0.25, -0.2) is 0 Å². The van der Waals surface area contributed by atoms with Crippen molar-refractivity contribution in [1.82, 2.24) is 10.2 Å². The van der Waals surface area contributed by atoms with Gasteiger partial charge in [0.15, 0.2) is 0 Å². The van der Waals surface area contributed by atoms with E-state index in [4.69, 9.17) is 0 Å². The highest BCUT2D eigenvalue weighted by molar-refractivity contribution is 5.77. The molecule has 2 rings (SSSR count). The number of nitrogens with one attached hydrogen (secondary N) is 1. The first-order valence-corrected chi connectivity index (χ1v) is 7.42. The molecular formula is C15H26N2O. The Hall–Kier alpha value is -0.830. The molecule has 0 saturated carbocycles. The number of likely N-dealkylation sites (tertiary alicyclic amines) is 1. The molecule has 1 aliphatic carbocycles. The molecule has 18 heavy (non-hydrogen) atoms. The molecule has 3 nitrogen and oxygen atoms in total. The fraction of sp³-hybridized carbons (Fsp3) is 0.800. The summed E-state index contributed by atoms with van der Waals surface area (Å²) in [6.45, 7) is 5.26. The lowest BCUT2D eigenvalue weighted by Crippen LogP contribution is -2.35. The Morgan fingerprint density at radius 2 is 2.39 bits per heavy atom. The number of carbonyl (C=O) groups excluding carboxylic acids is 1. The van der Waals surface area contributed by atoms with E-state index in [1.54, 1.807) is 0 Å². The van der Waals surface area contributed by atoms with Gasteiger partial charge in [-0.1, -0.05) is 12.2 Å². The Balaban J connectivity index is 1.58. The van der Waals surface area contributed by atoms with Gasteiger partial charge in [0.25, 0.3) is 0 Å². The summed E-state index contributed by atoms with van der Waals surface area (Å²) in [6, 6.07) is 0.518. The number of hydrogen-bond donors (Lipinski definition) is 1. The second-order valence-corrected chi connectivity index (χ2v) is 5.73. The molecular weight excluding hydrogens is 224 g/mol. The van der Waals surface area contributed by atoms with Crippen LogP contribution in [0.2, 0.25) is 0 Å². The molecule has 0 bridgehead atoms. The lowest BCUT2D eigenvalue weighted by Gasteiger charge is -2.23. The van der Waals surface area contributed by atoms with E-state index in [1.165, 1.54) is 19.3 Å². The van der Waals surface area contributed by atoms with Crippen molar-refractivity contribution in [2.24, 2.45) is 5.92 Å². The molecule has 1 N–H and O–H groups in total. The monoisotopic (exact) mass is 250 g/mol. The number of allylic oxidation sites excluding steroid dienone is 2. The van der Waals surface area contributed by atoms with Gasteiger partial charge < -0.3 is 10.2 Å². The van der Waals surface area contributed by atoms with E-state index in [2.05, 4.69) is 24.4 Å². The van der Waals surface area contributed by atoms with Crippen molar-refractivity contribution < 1.29 is 4.79 Å². The predicted molar refractivity (Wildman–Crippen MR) is 74.4 cm³/mol. The van der Waals surface area contributed by atoms with Crippen LogP contribution >= 0.6 is 0 Å². The van der Waals surface area contributed by atoms with Gasteiger partial charge in [-0.15, -0.1) is 0 Å². The molecule has 0 aromatic heterocycles. The van der Waals surface area contributed by atoms with Gasteiger partial charge in [-0.3, -0.25) is 4.79 Å². The quantitative estimate of drug-likeness (QED) is 0.734. The minimum Gasteiger partial charge on any atom is -0.343 e. The van der Waals surface area contributed by atoms with Crippen molar-refractivity contribution in [3.63, 3.8) is 0 Å². The van der Waals surface area contributed by atoms with E-state index < -0.39 is 0 Å². The van der Waals surface area contributed by atoms with Gasteiger partial charge in [0.05, 0.1) is 0 Å². The minimum absolute atomic E-state index is 0.347. The van der Waals surface area contributed by atoms with E-state index in [0.29, 0.717) is 11.9 Å². The third-order valence-electron chi connectivity index (χ3n) is 4.14. The molecule has 1 fully saturated rings. The standard InChI is InChI=1S/C15H26N2O/c1-13(9-11-17-10-5-8-15(17)18)16-12-14-6-3-2-4-7-14/h2-3,13-14,16H,4-12H2,1H3/t13-,14-/m0/s1. The van der Waals surface area contributed by atoms with Crippen LogP contribution in [0.15, 0.2) is 12.2 Å². The molecule has 1 saturated heterocycles. The summed E-state index contributed by atoms with van der Waals surface area (Å²) in [7, 11) is 0. The number of carbonyl (C=O) groups is 1. The molecule has 0 unspecified atom stereocenters. The third-order valence-corrected chi connectivity index (χ3v) is 4.14. The number of hydrogen-bond acceptors (Lipinski definition) is 2. The molecule has 2 atom stereocenters. The maximum atomic E-state index is 11.5. The molecule has 0 spiro atoms. The third kappa shape index (κ3) is 4.13. The Bertz CT molecular complexity index is 301. The SMILES string of the molecule is C[C@@H](CCN1CCCC1=O)NC[C@H]1CC=CCC1. The van der Waals surface area contributed by atoms with Crippen molar-refractivity contribution in [3.05, 3.63) is 12.2 Å². The van der Waals surface area contributed by atoms with Crippen LogP contribution in [0.5, 0.6) is 0 Å². The van der Waals surface area contributed by atoms with Gasteiger partial charge in [-0.2, -0.15) is 0 Å². The highest BCUT2D eigenvalue weighted by Gasteiger charge is 2.20. The molecule has 3 heteroatoms. The van der Waals surface area contributed by atoms with Gasteiger partial charge >= 0.3 is 0 Å². The van der Waals surface area contributed by atoms with Crippen molar-refractivity contribution in [3.8, 4) is 0 Å². The van der Waals surface area contributed by atoms with Gasteiger partial charge in [0.2, 0.25) is 5.91 Å². The second kappa shape index (κ2) is 6.93. The van der Waals surface area contributed by atoms with Crippen LogP contribution in [0.1, 0.15) is 45.4 Å². The van der Waals surface area contributed by atoms with Crippen molar-refractivity contribution >= 4 is 5.91 Å². The van der Waals surface area contributed by atoms with Crippen LogP contribution in [0.3, 0.4) is 0 Å². The van der Waals surface area contributed by atoms with E-state index in [-0.39, 0.29) is 0 Å². The summed E-state index contributed by atoms with van der Waals surface area (Å²) in [4.78, 5) is 13.5. The van der Waals surface area contributed by atoms with E-state index in [0.717, 1.165) is 44.8 Å². The highest BCUT2D eigenvalue weighted by Crippen LogP contribution is 2.17. The molecule has 102 valence electrons. The number of rotatable bonds is 6. The Kier molecular flexibility index (Phi) is 5.24.